The first-order chi connectivity index (χ1) is 9.83. The van der Waals surface area contributed by atoms with Crippen molar-refractivity contribution in [1.82, 2.24) is 4.90 Å². The van der Waals surface area contributed by atoms with Crippen molar-refractivity contribution >= 4 is 15.7 Å². The van der Waals surface area contributed by atoms with Crippen molar-refractivity contribution in [2.24, 2.45) is 5.92 Å². The predicted octanol–water partition coefficient (Wildman–Crippen LogP) is 1.82. The third-order valence-electron chi connectivity index (χ3n) is 3.98. The molecular formula is C16H23NO3S. The van der Waals surface area contributed by atoms with Gasteiger partial charge in [-0.3, -0.25) is 4.79 Å². The lowest BCUT2D eigenvalue weighted by Gasteiger charge is -2.31. The third kappa shape index (κ3) is 5.16. The summed E-state index contributed by atoms with van der Waals surface area (Å²) in [6.07, 6.45) is 3.28. The van der Waals surface area contributed by atoms with Gasteiger partial charge in [0.05, 0.1) is 12.2 Å². The van der Waals surface area contributed by atoms with Gasteiger partial charge in [0, 0.05) is 19.3 Å². The highest BCUT2D eigenvalue weighted by molar-refractivity contribution is 7.90. The van der Waals surface area contributed by atoms with Crippen LogP contribution in [-0.4, -0.2) is 44.3 Å². The molecule has 0 spiro atoms. The van der Waals surface area contributed by atoms with Gasteiger partial charge in [-0.15, -0.1) is 0 Å². The third-order valence-corrected chi connectivity index (χ3v) is 5.06. The molecule has 116 valence electrons. The summed E-state index contributed by atoms with van der Waals surface area (Å²) in [5.74, 6) is 0.576. The average Bonchev–Trinajstić information content (AvgIpc) is 2.40. The molecule has 1 amide bonds. The van der Waals surface area contributed by atoms with Crippen LogP contribution in [-0.2, 0) is 21.1 Å². The fourth-order valence-electron chi connectivity index (χ4n) is 2.77. The van der Waals surface area contributed by atoms with Crippen molar-refractivity contribution in [3.8, 4) is 0 Å². The molecule has 0 aliphatic carbocycles. The minimum absolute atomic E-state index is 0.136. The van der Waals surface area contributed by atoms with E-state index in [4.69, 9.17) is 0 Å². The Kier molecular flexibility index (Phi) is 5.04. The number of carbonyl (C=O) groups excluding carboxylic acids is 1. The van der Waals surface area contributed by atoms with Gasteiger partial charge in [0.15, 0.2) is 0 Å². The molecule has 1 fully saturated rings. The van der Waals surface area contributed by atoms with Crippen molar-refractivity contribution in [3.63, 3.8) is 0 Å². The Labute approximate surface area is 127 Å². The van der Waals surface area contributed by atoms with E-state index in [2.05, 4.69) is 0 Å². The number of benzene rings is 1. The van der Waals surface area contributed by atoms with Crippen molar-refractivity contribution in [2.45, 2.75) is 26.2 Å². The van der Waals surface area contributed by atoms with Crippen molar-refractivity contribution in [2.75, 3.05) is 25.1 Å². The molecule has 1 aliphatic rings. The Bertz CT molecular complexity index is 584. The number of carbonyl (C=O) groups is 1. The summed E-state index contributed by atoms with van der Waals surface area (Å²) in [4.78, 5) is 14.1. The van der Waals surface area contributed by atoms with E-state index in [0.29, 0.717) is 19.5 Å². The van der Waals surface area contributed by atoms with Crippen LogP contribution >= 0.6 is 0 Å². The molecule has 1 aliphatic heterocycles. The standard InChI is InChI=1S/C16H23NO3S/c1-13-3-5-14(6-4-13)11-16(18)17-9-7-15(8-10-17)12-21(2,19)20/h3-6,15H,7-12H2,1-2H3. The summed E-state index contributed by atoms with van der Waals surface area (Å²) in [6.45, 7) is 3.37. The molecule has 0 atom stereocenters. The van der Waals surface area contributed by atoms with Gasteiger partial charge in [0.2, 0.25) is 5.91 Å². The van der Waals surface area contributed by atoms with E-state index >= 15 is 0 Å². The molecular weight excluding hydrogens is 286 g/mol. The zero-order chi connectivity index (χ0) is 15.5. The van der Waals surface area contributed by atoms with Gasteiger partial charge in [0.1, 0.15) is 9.84 Å². The van der Waals surface area contributed by atoms with Gasteiger partial charge in [0.25, 0.3) is 0 Å². The molecule has 0 saturated carbocycles. The molecule has 4 nitrogen and oxygen atoms in total. The second kappa shape index (κ2) is 6.60. The first kappa shape index (κ1) is 16.0. The van der Waals surface area contributed by atoms with Crippen LogP contribution in [0.3, 0.4) is 0 Å². The van der Waals surface area contributed by atoms with E-state index in [1.807, 2.05) is 36.1 Å². The highest BCUT2D eigenvalue weighted by Crippen LogP contribution is 2.19. The summed E-state index contributed by atoms with van der Waals surface area (Å²) in [5.41, 5.74) is 2.22. The lowest BCUT2D eigenvalue weighted by molar-refractivity contribution is -0.131. The fraction of sp³-hybridized carbons (Fsp3) is 0.562. The number of rotatable bonds is 4. The quantitative estimate of drug-likeness (QED) is 0.852. The van der Waals surface area contributed by atoms with Crippen LogP contribution in [0.15, 0.2) is 24.3 Å². The Hall–Kier alpha value is -1.36. The Balaban J connectivity index is 1.84. The van der Waals surface area contributed by atoms with Gasteiger partial charge in [-0.05, 0) is 31.2 Å². The zero-order valence-corrected chi connectivity index (χ0v) is 13.5. The maximum atomic E-state index is 12.3. The number of hydrogen-bond acceptors (Lipinski definition) is 3. The lowest BCUT2D eigenvalue weighted by Crippen LogP contribution is -2.40. The van der Waals surface area contributed by atoms with Crippen molar-refractivity contribution < 1.29 is 13.2 Å². The smallest absolute Gasteiger partial charge is 0.226 e. The molecule has 1 aromatic rings. The van der Waals surface area contributed by atoms with Gasteiger partial charge in [-0.2, -0.15) is 0 Å². The van der Waals surface area contributed by atoms with Crippen LogP contribution in [0, 0.1) is 12.8 Å². The van der Waals surface area contributed by atoms with E-state index < -0.39 is 9.84 Å². The largest absolute Gasteiger partial charge is 0.342 e. The number of nitrogens with zero attached hydrogens (tertiary/aromatic N) is 1. The summed E-state index contributed by atoms with van der Waals surface area (Å²) in [5, 5.41) is 0. The molecule has 0 unspecified atom stereocenters. The molecule has 1 heterocycles. The van der Waals surface area contributed by atoms with Crippen LogP contribution in [0.5, 0.6) is 0 Å². The molecule has 5 heteroatoms. The van der Waals surface area contributed by atoms with Gasteiger partial charge < -0.3 is 4.90 Å². The van der Waals surface area contributed by atoms with E-state index in [0.717, 1.165) is 18.4 Å². The van der Waals surface area contributed by atoms with Gasteiger partial charge >= 0.3 is 0 Å². The normalized spacial score (nSPS) is 17.0. The predicted molar refractivity (Wildman–Crippen MR) is 83.9 cm³/mol. The Morgan fingerprint density at radius 1 is 1.19 bits per heavy atom. The minimum Gasteiger partial charge on any atom is -0.342 e. The Morgan fingerprint density at radius 2 is 1.76 bits per heavy atom. The van der Waals surface area contributed by atoms with Crippen LogP contribution in [0.4, 0.5) is 0 Å². The summed E-state index contributed by atoms with van der Waals surface area (Å²) < 4.78 is 22.6. The second-order valence-electron chi connectivity index (χ2n) is 6.08. The fourth-order valence-corrected chi connectivity index (χ4v) is 3.96. The monoisotopic (exact) mass is 309 g/mol. The number of piperidine rings is 1. The maximum Gasteiger partial charge on any atom is 0.226 e. The topological polar surface area (TPSA) is 54.5 Å². The number of amides is 1. The number of sulfone groups is 1. The molecule has 0 N–H and O–H groups in total. The SMILES string of the molecule is Cc1ccc(CC(=O)N2CCC(CS(C)(=O)=O)CC2)cc1. The Morgan fingerprint density at radius 3 is 2.29 bits per heavy atom. The van der Waals surface area contributed by atoms with E-state index in [1.165, 1.54) is 11.8 Å². The highest BCUT2D eigenvalue weighted by atomic mass is 32.2. The second-order valence-corrected chi connectivity index (χ2v) is 8.26. The molecule has 0 radical (unpaired) electrons. The summed E-state index contributed by atoms with van der Waals surface area (Å²) in [6, 6.07) is 8.01. The molecule has 0 aromatic heterocycles. The van der Waals surface area contributed by atoms with Crippen molar-refractivity contribution in [3.05, 3.63) is 35.4 Å². The molecule has 2 rings (SSSR count). The first-order valence-electron chi connectivity index (χ1n) is 7.34. The summed E-state index contributed by atoms with van der Waals surface area (Å²) in [7, 11) is -2.92. The van der Waals surface area contributed by atoms with Crippen LogP contribution in [0.1, 0.15) is 24.0 Å². The molecule has 0 bridgehead atoms. The highest BCUT2D eigenvalue weighted by Gasteiger charge is 2.24. The lowest BCUT2D eigenvalue weighted by atomic mass is 9.98. The van der Waals surface area contributed by atoms with Crippen LogP contribution in [0.2, 0.25) is 0 Å². The minimum atomic E-state index is -2.92. The van der Waals surface area contributed by atoms with E-state index in [1.54, 1.807) is 0 Å². The molecule has 1 aromatic carbocycles. The first-order valence-corrected chi connectivity index (χ1v) is 9.40. The molecule has 1 saturated heterocycles. The van der Waals surface area contributed by atoms with Gasteiger partial charge in [-0.1, -0.05) is 29.8 Å². The van der Waals surface area contributed by atoms with E-state index in [-0.39, 0.29) is 17.6 Å². The number of likely N-dealkylation sites (tertiary alicyclic amines) is 1. The maximum absolute atomic E-state index is 12.3. The number of aryl methyl sites for hydroxylation is 1. The average molecular weight is 309 g/mol. The van der Waals surface area contributed by atoms with Crippen molar-refractivity contribution in [1.29, 1.82) is 0 Å². The van der Waals surface area contributed by atoms with E-state index in [9.17, 15) is 13.2 Å². The van der Waals surface area contributed by atoms with Crippen LogP contribution < -0.4 is 0 Å². The van der Waals surface area contributed by atoms with Crippen LogP contribution in [0.25, 0.3) is 0 Å². The number of hydrogen-bond donors (Lipinski definition) is 0. The zero-order valence-electron chi connectivity index (χ0n) is 12.7. The molecule has 21 heavy (non-hydrogen) atoms. The summed E-state index contributed by atoms with van der Waals surface area (Å²) >= 11 is 0. The van der Waals surface area contributed by atoms with Gasteiger partial charge in [-0.25, -0.2) is 8.42 Å².